The third kappa shape index (κ3) is 5.92. The molecule has 0 atom stereocenters. The lowest BCUT2D eigenvalue weighted by Crippen LogP contribution is -2.36. The Balaban J connectivity index is 1.55. The van der Waals surface area contributed by atoms with Crippen molar-refractivity contribution in [3.05, 3.63) is 70.2 Å². The van der Waals surface area contributed by atoms with Crippen molar-refractivity contribution in [2.45, 2.75) is 46.3 Å². The van der Waals surface area contributed by atoms with E-state index in [1.807, 2.05) is 12.5 Å². The summed E-state index contributed by atoms with van der Waals surface area (Å²) in [6, 6.07) is 8.56. The second-order valence-corrected chi connectivity index (χ2v) is 7.86. The maximum absolute atomic E-state index is 4.70. The molecule has 0 fully saturated rings. The molecule has 0 spiro atoms. The number of imidazole rings is 1. The summed E-state index contributed by atoms with van der Waals surface area (Å²) < 4.78 is 2.06. The first-order valence-corrected chi connectivity index (χ1v) is 10.5. The van der Waals surface area contributed by atoms with Gasteiger partial charge in [-0.2, -0.15) is 0 Å². The molecule has 1 aromatic carbocycles. The Bertz CT molecular complexity index is 865. The van der Waals surface area contributed by atoms with Crippen LogP contribution in [0.15, 0.2) is 53.4 Å². The topological polar surface area (TPSA) is 67.1 Å². The predicted molar refractivity (Wildman–Crippen MR) is 116 cm³/mol. The number of benzene rings is 1. The number of rotatable bonds is 8. The van der Waals surface area contributed by atoms with Crippen LogP contribution in [0.3, 0.4) is 0 Å². The fourth-order valence-corrected chi connectivity index (χ4v) is 3.58. The molecule has 0 aliphatic carbocycles. The molecule has 0 aliphatic heterocycles. The summed E-state index contributed by atoms with van der Waals surface area (Å²) in [4.78, 5) is 13.4. The van der Waals surface area contributed by atoms with Crippen LogP contribution in [-0.2, 0) is 19.6 Å². The van der Waals surface area contributed by atoms with E-state index in [0.717, 1.165) is 29.8 Å². The van der Waals surface area contributed by atoms with E-state index >= 15 is 0 Å². The van der Waals surface area contributed by atoms with Gasteiger partial charge in [0.2, 0.25) is 0 Å². The Labute approximate surface area is 170 Å². The number of aliphatic imine (C=N–C) groups is 1. The molecule has 0 radical (unpaired) electrons. The van der Waals surface area contributed by atoms with Crippen molar-refractivity contribution in [2.75, 3.05) is 6.54 Å². The van der Waals surface area contributed by atoms with Crippen LogP contribution in [-0.4, -0.2) is 27.0 Å². The van der Waals surface area contributed by atoms with Gasteiger partial charge in [0.15, 0.2) is 5.96 Å². The van der Waals surface area contributed by atoms with E-state index in [4.69, 9.17) is 4.99 Å². The quantitative estimate of drug-likeness (QED) is 0.449. The minimum Gasteiger partial charge on any atom is -0.357 e. The number of hydrogen-bond acceptors (Lipinski definition) is 4. The lowest BCUT2D eigenvalue weighted by molar-refractivity contribution is 0.787. The Morgan fingerprint density at radius 1 is 1.18 bits per heavy atom. The maximum Gasteiger partial charge on any atom is 0.191 e. The first-order chi connectivity index (χ1) is 13.6. The third-order valence-corrected chi connectivity index (χ3v) is 5.15. The van der Waals surface area contributed by atoms with Gasteiger partial charge in [0.05, 0.1) is 25.1 Å². The summed E-state index contributed by atoms with van der Waals surface area (Å²) in [6.45, 7) is 9.38. The van der Waals surface area contributed by atoms with Crippen LogP contribution < -0.4 is 10.6 Å². The number of guanidine groups is 1. The van der Waals surface area contributed by atoms with E-state index in [0.29, 0.717) is 19.0 Å². The number of aromatic nitrogens is 3. The van der Waals surface area contributed by atoms with Gasteiger partial charge in [-0.05, 0) is 24.0 Å². The molecule has 2 aromatic heterocycles. The zero-order valence-corrected chi connectivity index (χ0v) is 17.5. The largest absolute Gasteiger partial charge is 0.357 e. The highest BCUT2D eigenvalue weighted by Gasteiger charge is 2.06. The molecule has 3 rings (SSSR count). The van der Waals surface area contributed by atoms with Crippen LogP contribution in [0.1, 0.15) is 48.5 Å². The van der Waals surface area contributed by atoms with E-state index in [9.17, 15) is 0 Å². The van der Waals surface area contributed by atoms with Crippen LogP contribution >= 0.6 is 11.3 Å². The zero-order chi connectivity index (χ0) is 19.8. The Kier molecular flexibility index (Phi) is 7.19. The molecule has 0 bridgehead atoms. The average Bonchev–Trinajstić information content (AvgIpc) is 3.37. The van der Waals surface area contributed by atoms with Crippen molar-refractivity contribution in [1.29, 1.82) is 0 Å². The smallest absolute Gasteiger partial charge is 0.191 e. The van der Waals surface area contributed by atoms with Crippen LogP contribution in [0.4, 0.5) is 0 Å². The second-order valence-electron chi connectivity index (χ2n) is 6.92. The summed E-state index contributed by atoms with van der Waals surface area (Å²) in [5, 5.41) is 9.89. The molecule has 0 saturated carbocycles. The molecule has 3 aromatic rings. The molecule has 0 amide bonds. The molecule has 2 N–H and O–H groups in total. The minimum absolute atomic E-state index is 0.462. The molecule has 148 valence electrons. The SMILES string of the molecule is CCNC(=NCc1ccc(Cn2ccnc2)cc1)NCc1nc(C(C)C)cs1. The van der Waals surface area contributed by atoms with E-state index in [1.54, 1.807) is 17.5 Å². The van der Waals surface area contributed by atoms with E-state index in [1.165, 1.54) is 11.1 Å². The number of nitrogens with one attached hydrogen (secondary N) is 2. The monoisotopic (exact) mass is 396 g/mol. The Hall–Kier alpha value is -2.67. The van der Waals surface area contributed by atoms with Crippen LogP contribution in [0.2, 0.25) is 0 Å². The Morgan fingerprint density at radius 3 is 2.61 bits per heavy atom. The summed E-state index contributed by atoms with van der Waals surface area (Å²) in [5.41, 5.74) is 3.59. The van der Waals surface area contributed by atoms with E-state index in [-0.39, 0.29) is 0 Å². The van der Waals surface area contributed by atoms with Crippen LogP contribution in [0, 0.1) is 0 Å². The Morgan fingerprint density at radius 2 is 1.96 bits per heavy atom. The predicted octanol–water partition coefficient (Wildman–Crippen LogP) is 3.77. The average molecular weight is 397 g/mol. The normalized spacial score (nSPS) is 11.8. The van der Waals surface area contributed by atoms with Crippen molar-refractivity contribution in [3.63, 3.8) is 0 Å². The minimum atomic E-state index is 0.462. The van der Waals surface area contributed by atoms with Crippen molar-refractivity contribution in [1.82, 2.24) is 25.2 Å². The molecule has 6 nitrogen and oxygen atoms in total. The van der Waals surface area contributed by atoms with Gasteiger partial charge in [-0.25, -0.2) is 15.0 Å². The van der Waals surface area contributed by atoms with E-state index in [2.05, 4.69) is 75.6 Å². The summed E-state index contributed by atoms with van der Waals surface area (Å²) in [6.07, 6.45) is 5.60. The highest BCUT2D eigenvalue weighted by atomic mass is 32.1. The van der Waals surface area contributed by atoms with Gasteiger partial charge in [-0.15, -0.1) is 11.3 Å². The van der Waals surface area contributed by atoms with Gasteiger partial charge in [0, 0.05) is 30.9 Å². The van der Waals surface area contributed by atoms with Gasteiger partial charge in [0.25, 0.3) is 0 Å². The first-order valence-electron chi connectivity index (χ1n) is 9.64. The van der Waals surface area contributed by atoms with Gasteiger partial charge < -0.3 is 15.2 Å². The molecule has 0 aliphatic rings. The molecule has 0 saturated heterocycles. The maximum atomic E-state index is 4.70. The molecule has 7 heteroatoms. The molecular formula is C21H28N6S. The fourth-order valence-electron chi connectivity index (χ4n) is 2.68. The molecular weight excluding hydrogens is 368 g/mol. The highest BCUT2D eigenvalue weighted by Crippen LogP contribution is 2.17. The summed E-state index contributed by atoms with van der Waals surface area (Å²) in [5.74, 6) is 1.27. The first kappa shape index (κ1) is 20.1. The molecule has 28 heavy (non-hydrogen) atoms. The third-order valence-electron chi connectivity index (χ3n) is 4.28. The lowest BCUT2D eigenvalue weighted by atomic mass is 10.1. The standard InChI is InChI=1S/C21H28N6S/c1-4-23-21(25-12-20-26-19(14-28-20)16(2)3)24-11-17-5-7-18(8-6-17)13-27-10-9-22-15-27/h5-10,14-16H,4,11-13H2,1-3H3,(H2,23,24,25). The van der Waals surface area contributed by atoms with Gasteiger partial charge in [-0.1, -0.05) is 38.1 Å². The van der Waals surface area contributed by atoms with Crippen LogP contribution in [0.5, 0.6) is 0 Å². The zero-order valence-electron chi connectivity index (χ0n) is 16.7. The fraction of sp³-hybridized carbons (Fsp3) is 0.381. The van der Waals surface area contributed by atoms with Crippen molar-refractivity contribution in [3.8, 4) is 0 Å². The molecule has 0 unspecified atom stereocenters. The van der Waals surface area contributed by atoms with Gasteiger partial charge in [0.1, 0.15) is 5.01 Å². The van der Waals surface area contributed by atoms with Crippen molar-refractivity contribution >= 4 is 17.3 Å². The lowest BCUT2D eigenvalue weighted by Gasteiger charge is -2.10. The van der Waals surface area contributed by atoms with Gasteiger partial charge >= 0.3 is 0 Å². The number of hydrogen-bond donors (Lipinski definition) is 2. The van der Waals surface area contributed by atoms with Crippen molar-refractivity contribution in [2.24, 2.45) is 4.99 Å². The van der Waals surface area contributed by atoms with Gasteiger partial charge in [-0.3, -0.25) is 0 Å². The number of nitrogens with zero attached hydrogens (tertiary/aromatic N) is 4. The second kappa shape index (κ2) is 10.0. The van der Waals surface area contributed by atoms with Crippen molar-refractivity contribution < 1.29 is 0 Å². The molecule has 2 heterocycles. The summed E-state index contributed by atoms with van der Waals surface area (Å²) >= 11 is 1.69. The highest BCUT2D eigenvalue weighted by molar-refractivity contribution is 7.09. The van der Waals surface area contributed by atoms with E-state index < -0.39 is 0 Å². The van der Waals surface area contributed by atoms with Crippen LogP contribution in [0.25, 0.3) is 0 Å². The number of thiazole rings is 1. The summed E-state index contributed by atoms with van der Waals surface area (Å²) in [7, 11) is 0.